The molecule has 0 saturated carbocycles. The number of allylic oxidation sites excluding steroid dienone is 1. The molecule has 0 heterocycles. The van der Waals surface area contributed by atoms with E-state index in [-0.39, 0.29) is 0 Å². The van der Waals surface area contributed by atoms with Crippen LogP contribution in [-0.4, -0.2) is 61.5 Å². The van der Waals surface area contributed by atoms with Crippen molar-refractivity contribution in [2.24, 2.45) is 0 Å². The van der Waals surface area contributed by atoms with Crippen LogP contribution in [0.3, 0.4) is 0 Å². The second kappa shape index (κ2) is 9.70. The van der Waals surface area contributed by atoms with Crippen molar-refractivity contribution in [3.63, 3.8) is 0 Å². The van der Waals surface area contributed by atoms with Crippen LogP contribution in [0.2, 0.25) is 0 Å². The highest BCUT2D eigenvalue weighted by Crippen LogP contribution is 2.22. The Labute approximate surface area is 122 Å². The van der Waals surface area contributed by atoms with Gasteiger partial charge in [-0.3, -0.25) is 13.7 Å². The van der Waals surface area contributed by atoms with E-state index in [0.717, 1.165) is 39.3 Å². The van der Waals surface area contributed by atoms with Crippen molar-refractivity contribution in [3.8, 4) is 0 Å². The summed E-state index contributed by atoms with van der Waals surface area (Å²) in [7, 11) is -1.86. The first-order valence-corrected chi connectivity index (χ1v) is 9.93. The van der Waals surface area contributed by atoms with Crippen LogP contribution in [0.25, 0.3) is 0 Å². The molecule has 0 aliphatic carbocycles. The van der Waals surface area contributed by atoms with Crippen LogP contribution < -0.4 is 0 Å². The Balaban J connectivity index is 5.83. The highest BCUT2D eigenvalue weighted by Gasteiger charge is 2.46. The minimum atomic E-state index is -1.86. The van der Waals surface area contributed by atoms with Gasteiger partial charge in [0.2, 0.25) is 0 Å². The molecular weight excluding hydrogens is 250 g/mol. The molecule has 0 aromatic heterocycles. The van der Waals surface area contributed by atoms with Crippen molar-refractivity contribution in [3.05, 3.63) is 11.8 Å². The molecule has 0 radical (unpaired) electrons. The van der Waals surface area contributed by atoms with E-state index < -0.39 is 8.56 Å². The first-order chi connectivity index (χ1) is 9.12. The summed E-state index contributed by atoms with van der Waals surface area (Å²) in [4.78, 5) is 0. The Morgan fingerprint density at radius 3 is 1.05 bits per heavy atom. The van der Waals surface area contributed by atoms with Crippen LogP contribution in [0, 0.1) is 0 Å². The van der Waals surface area contributed by atoms with E-state index in [9.17, 15) is 0 Å². The molecule has 4 heteroatoms. The van der Waals surface area contributed by atoms with E-state index in [1.165, 1.54) is 0 Å². The predicted molar refractivity (Wildman–Crippen MR) is 89.3 cm³/mol. The molecule has 0 spiro atoms. The predicted octanol–water partition coefficient (Wildman–Crippen LogP) is 3.07. The fraction of sp³-hybridized carbons (Fsp3) is 0.867. The zero-order valence-corrected chi connectivity index (χ0v) is 15.2. The summed E-state index contributed by atoms with van der Waals surface area (Å²) in [6.45, 7) is 22.7. The quantitative estimate of drug-likeness (QED) is 0.571. The molecule has 0 aromatic carbocycles. The van der Waals surface area contributed by atoms with Crippen LogP contribution in [-0.2, 0) is 0 Å². The van der Waals surface area contributed by atoms with Gasteiger partial charge in [0.05, 0.1) is 0 Å². The topological polar surface area (TPSA) is 9.72 Å². The highest BCUT2D eigenvalue weighted by molar-refractivity contribution is 6.76. The summed E-state index contributed by atoms with van der Waals surface area (Å²) < 4.78 is 8.10. The first-order valence-electron chi connectivity index (χ1n) is 8.01. The third kappa shape index (κ3) is 3.91. The van der Waals surface area contributed by atoms with Crippen molar-refractivity contribution < 1.29 is 0 Å². The monoisotopic (exact) mass is 285 g/mol. The minimum Gasteiger partial charge on any atom is -0.297 e. The summed E-state index contributed by atoms with van der Waals surface area (Å²) in [5.74, 6) is 0. The summed E-state index contributed by atoms with van der Waals surface area (Å²) in [6.07, 6.45) is 2.27. The molecular formula is C15H35N3Si. The van der Waals surface area contributed by atoms with Crippen LogP contribution >= 0.6 is 0 Å². The highest BCUT2D eigenvalue weighted by atomic mass is 28.4. The van der Waals surface area contributed by atoms with Gasteiger partial charge in [-0.1, -0.05) is 53.3 Å². The Hall–Kier alpha value is -0.163. The molecule has 19 heavy (non-hydrogen) atoms. The van der Waals surface area contributed by atoms with Crippen molar-refractivity contribution in [2.45, 2.75) is 48.5 Å². The van der Waals surface area contributed by atoms with Gasteiger partial charge < -0.3 is 0 Å². The van der Waals surface area contributed by atoms with Gasteiger partial charge in [-0.15, -0.1) is 0 Å². The van der Waals surface area contributed by atoms with Gasteiger partial charge in [0, 0.05) is 0 Å². The molecule has 0 N–H and O–H groups in total. The van der Waals surface area contributed by atoms with Crippen molar-refractivity contribution in [1.82, 2.24) is 13.7 Å². The van der Waals surface area contributed by atoms with Crippen molar-refractivity contribution in [2.75, 3.05) is 39.3 Å². The molecule has 0 aliphatic rings. The van der Waals surface area contributed by atoms with Crippen LogP contribution in [0.5, 0.6) is 0 Å². The number of hydrogen-bond acceptors (Lipinski definition) is 3. The zero-order valence-electron chi connectivity index (χ0n) is 14.2. The van der Waals surface area contributed by atoms with Crippen LogP contribution in [0.4, 0.5) is 0 Å². The van der Waals surface area contributed by atoms with E-state index in [2.05, 4.69) is 73.9 Å². The third-order valence-corrected chi connectivity index (χ3v) is 9.55. The zero-order chi connectivity index (χ0) is 14.9. The van der Waals surface area contributed by atoms with E-state index in [1.54, 1.807) is 0 Å². The Morgan fingerprint density at radius 1 is 0.632 bits per heavy atom. The van der Waals surface area contributed by atoms with Gasteiger partial charge in [-0.25, -0.2) is 0 Å². The number of hydrogen-bond donors (Lipinski definition) is 0. The molecule has 0 saturated heterocycles. The van der Waals surface area contributed by atoms with Crippen LogP contribution in [0.15, 0.2) is 11.8 Å². The average Bonchev–Trinajstić information content (AvgIpc) is 2.42. The largest absolute Gasteiger partial charge is 0.315 e. The van der Waals surface area contributed by atoms with E-state index >= 15 is 0 Å². The molecule has 0 aliphatic heterocycles. The summed E-state index contributed by atoms with van der Waals surface area (Å²) >= 11 is 0. The van der Waals surface area contributed by atoms with Gasteiger partial charge in [0.15, 0.2) is 0 Å². The molecule has 0 bridgehead atoms. The Bertz CT molecular complexity index is 212. The average molecular weight is 286 g/mol. The van der Waals surface area contributed by atoms with Gasteiger partial charge >= 0.3 is 8.56 Å². The van der Waals surface area contributed by atoms with Gasteiger partial charge in [-0.05, 0) is 46.2 Å². The SMILES string of the molecule is CC=C[Si](N(CC)CC)(N(CC)CC)N(CC)CC. The molecule has 0 unspecified atom stereocenters. The molecule has 3 nitrogen and oxygen atoms in total. The minimum absolute atomic E-state index is 1.13. The lowest BCUT2D eigenvalue weighted by Crippen LogP contribution is -2.74. The Morgan fingerprint density at radius 2 is 0.895 bits per heavy atom. The van der Waals surface area contributed by atoms with Crippen molar-refractivity contribution >= 4 is 8.56 Å². The summed E-state index contributed by atoms with van der Waals surface area (Å²) in [5, 5.41) is 0. The van der Waals surface area contributed by atoms with Crippen LogP contribution in [0.1, 0.15) is 48.5 Å². The lowest BCUT2D eigenvalue weighted by atomic mass is 10.6. The smallest absolute Gasteiger partial charge is 0.297 e. The second-order valence-electron chi connectivity index (χ2n) is 4.70. The third-order valence-electron chi connectivity index (χ3n) is 4.08. The maximum absolute atomic E-state index is 2.70. The van der Waals surface area contributed by atoms with Gasteiger partial charge in [0.25, 0.3) is 0 Å². The fourth-order valence-corrected chi connectivity index (χ4v) is 8.28. The normalized spacial score (nSPS) is 13.4. The summed E-state index contributed by atoms with van der Waals surface area (Å²) in [6, 6.07) is 0. The first kappa shape index (κ1) is 18.8. The molecule has 114 valence electrons. The number of rotatable bonds is 10. The Kier molecular flexibility index (Phi) is 9.61. The van der Waals surface area contributed by atoms with E-state index in [0.29, 0.717) is 0 Å². The van der Waals surface area contributed by atoms with Gasteiger partial charge in [0.1, 0.15) is 0 Å². The van der Waals surface area contributed by atoms with E-state index in [1.807, 2.05) is 0 Å². The maximum Gasteiger partial charge on any atom is 0.315 e. The maximum atomic E-state index is 2.70. The molecule has 0 atom stereocenters. The second-order valence-corrected chi connectivity index (χ2v) is 8.31. The van der Waals surface area contributed by atoms with E-state index in [4.69, 9.17) is 0 Å². The fourth-order valence-electron chi connectivity index (χ4n) is 3.21. The lowest BCUT2D eigenvalue weighted by molar-refractivity contribution is 0.274. The van der Waals surface area contributed by atoms with Crippen molar-refractivity contribution in [1.29, 1.82) is 0 Å². The molecule has 0 aromatic rings. The lowest BCUT2D eigenvalue weighted by Gasteiger charge is -2.51. The molecule has 0 rings (SSSR count). The standard InChI is InChI=1S/C15H35N3Si/c1-8-15-19(16(9-2)10-3,17(11-4)12-5)18(13-6)14-7/h8,15H,9-14H2,1-7H3. The number of nitrogens with zero attached hydrogens (tertiary/aromatic N) is 3. The van der Waals surface area contributed by atoms with Gasteiger partial charge in [-0.2, -0.15) is 0 Å². The summed E-state index contributed by atoms with van der Waals surface area (Å²) in [5.41, 5.74) is 2.51. The molecule has 0 amide bonds. The molecule has 0 fully saturated rings.